The van der Waals surface area contributed by atoms with Crippen LogP contribution in [0, 0.1) is 12.8 Å². The number of aryl methyl sites for hydroxylation is 1. The summed E-state index contributed by atoms with van der Waals surface area (Å²) in [6, 6.07) is 8.80. The van der Waals surface area contributed by atoms with Crippen molar-refractivity contribution >= 4 is 35.1 Å². The van der Waals surface area contributed by atoms with Gasteiger partial charge in [0.15, 0.2) is 6.61 Å². The normalized spacial score (nSPS) is 11.5. The van der Waals surface area contributed by atoms with Gasteiger partial charge in [-0.25, -0.2) is 4.79 Å². The van der Waals surface area contributed by atoms with Crippen LogP contribution >= 0.6 is 11.6 Å². The molecule has 0 saturated heterocycles. The van der Waals surface area contributed by atoms with E-state index >= 15 is 0 Å². The highest BCUT2D eigenvalue weighted by molar-refractivity contribution is 6.31. The second-order valence-electron chi connectivity index (χ2n) is 7.42. The van der Waals surface area contributed by atoms with Gasteiger partial charge in [0.05, 0.1) is 14.2 Å². The number of methoxy groups -OCH3 is 2. The summed E-state index contributed by atoms with van der Waals surface area (Å²) in [7, 11) is 2.95. The second-order valence-corrected chi connectivity index (χ2v) is 7.82. The SMILES string of the molecule is COc1cc(OC)cc(C(=O)N[C@H](C(=O)OCC(=O)Nc2ccc(C)c(Cl)c2)C(C)C)c1. The lowest BCUT2D eigenvalue weighted by atomic mass is 10.0. The summed E-state index contributed by atoms with van der Waals surface area (Å²) in [5.74, 6) is -1.16. The fourth-order valence-corrected chi connectivity index (χ4v) is 2.94. The highest BCUT2D eigenvalue weighted by atomic mass is 35.5. The zero-order valence-corrected chi connectivity index (χ0v) is 19.4. The Balaban J connectivity index is 2.00. The molecule has 9 heteroatoms. The van der Waals surface area contributed by atoms with Gasteiger partial charge < -0.3 is 24.8 Å². The zero-order valence-electron chi connectivity index (χ0n) is 18.7. The molecule has 0 saturated carbocycles. The number of amides is 2. The maximum atomic E-state index is 12.7. The molecule has 2 aromatic rings. The lowest BCUT2D eigenvalue weighted by Crippen LogP contribution is -2.46. The van der Waals surface area contributed by atoms with Crippen molar-refractivity contribution in [2.75, 3.05) is 26.1 Å². The molecule has 0 aliphatic carbocycles. The Labute approximate surface area is 192 Å². The second kappa shape index (κ2) is 11.4. The zero-order chi connectivity index (χ0) is 23.8. The molecule has 2 N–H and O–H groups in total. The molecular formula is C23H27ClN2O6. The molecule has 0 aromatic heterocycles. The number of hydrogen-bond acceptors (Lipinski definition) is 6. The first-order valence-corrected chi connectivity index (χ1v) is 10.3. The highest BCUT2D eigenvalue weighted by Crippen LogP contribution is 2.23. The van der Waals surface area contributed by atoms with Crippen LogP contribution in [0.2, 0.25) is 5.02 Å². The van der Waals surface area contributed by atoms with Crippen molar-refractivity contribution in [2.45, 2.75) is 26.8 Å². The third kappa shape index (κ3) is 6.88. The van der Waals surface area contributed by atoms with Gasteiger partial charge in [-0.1, -0.05) is 31.5 Å². The van der Waals surface area contributed by atoms with E-state index in [1.165, 1.54) is 26.4 Å². The van der Waals surface area contributed by atoms with Crippen LogP contribution in [0.1, 0.15) is 29.8 Å². The van der Waals surface area contributed by atoms with Crippen molar-refractivity contribution in [3.63, 3.8) is 0 Å². The first kappa shape index (κ1) is 25.0. The summed E-state index contributed by atoms with van der Waals surface area (Å²) in [4.78, 5) is 37.4. The monoisotopic (exact) mass is 462 g/mol. The van der Waals surface area contributed by atoms with E-state index in [1.54, 1.807) is 38.1 Å². The molecular weight excluding hydrogens is 436 g/mol. The van der Waals surface area contributed by atoms with Crippen LogP contribution < -0.4 is 20.1 Å². The van der Waals surface area contributed by atoms with E-state index in [0.29, 0.717) is 22.2 Å². The number of benzene rings is 2. The topological polar surface area (TPSA) is 103 Å². The van der Waals surface area contributed by atoms with Crippen LogP contribution in [0.15, 0.2) is 36.4 Å². The number of anilines is 1. The number of halogens is 1. The van der Waals surface area contributed by atoms with Crippen molar-refractivity contribution in [3.8, 4) is 11.5 Å². The highest BCUT2D eigenvalue weighted by Gasteiger charge is 2.27. The Morgan fingerprint density at radius 2 is 1.62 bits per heavy atom. The Morgan fingerprint density at radius 3 is 2.16 bits per heavy atom. The minimum atomic E-state index is -0.957. The van der Waals surface area contributed by atoms with Gasteiger partial charge in [0, 0.05) is 22.3 Å². The van der Waals surface area contributed by atoms with Gasteiger partial charge in [-0.2, -0.15) is 0 Å². The van der Waals surface area contributed by atoms with Crippen LogP contribution in [-0.2, 0) is 14.3 Å². The van der Waals surface area contributed by atoms with Gasteiger partial charge >= 0.3 is 5.97 Å². The summed E-state index contributed by atoms with van der Waals surface area (Å²) < 4.78 is 15.5. The minimum absolute atomic E-state index is 0.258. The van der Waals surface area contributed by atoms with E-state index < -0.39 is 30.4 Å². The Hall–Kier alpha value is -3.26. The smallest absolute Gasteiger partial charge is 0.329 e. The molecule has 0 fully saturated rings. The molecule has 172 valence electrons. The summed E-state index contributed by atoms with van der Waals surface area (Å²) in [6.07, 6.45) is 0. The van der Waals surface area contributed by atoms with Crippen molar-refractivity contribution in [1.29, 1.82) is 0 Å². The van der Waals surface area contributed by atoms with E-state index in [0.717, 1.165) is 5.56 Å². The number of esters is 1. The van der Waals surface area contributed by atoms with Crippen molar-refractivity contribution in [1.82, 2.24) is 5.32 Å². The maximum Gasteiger partial charge on any atom is 0.329 e. The molecule has 2 rings (SSSR count). The largest absolute Gasteiger partial charge is 0.497 e. The number of carbonyl (C=O) groups excluding carboxylic acids is 3. The number of nitrogens with one attached hydrogen (secondary N) is 2. The fraction of sp³-hybridized carbons (Fsp3) is 0.348. The number of ether oxygens (including phenoxy) is 3. The minimum Gasteiger partial charge on any atom is -0.497 e. The van der Waals surface area contributed by atoms with E-state index in [2.05, 4.69) is 10.6 Å². The predicted molar refractivity (Wildman–Crippen MR) is 121 cm³/mol. The average Bonchev–Trinajstić information content (AvgIpc) is 2.77. The molecule has 2 aromatic carbocycles. The summed E-state index contributed by atoms with van der Waals surface area (Å²) in [6.45, 7) is 4.85. The van der Waals surface area contributed by atoms with E-state index in [1.807, 2.05) is 6.92 Å². The third-order valence-corrected chi connectivity index (χ3v) is 5.03. The van der Waals surface area contributed by atoms with Crippen LogP contribution in [0.5, 0.6) is 11.5 Å². The quantitative estimate of drug-likeness (QED) is 0.552. The van der Waals surface area contributed by atoms with Gasteiger partial charge in [-0.3, -0.25) is 9.59 Å². The van der Waals surface area contributed by atoms with Gasteiger partial charge in [0.25, 0.3) is 11.8 Å². The molecule has 1 atom stereocenters. The van der Waals surface area contributed by atoms with Gasteiger partial charge in [0.2, 0.25) is 0 Å². The standard InChI is InChI=1S/C23H27ClN2O6/c1-13(2)21(26-22(28)15-8-17(30-4)11-18(9-15)31-5)23(29)32-12-20(27)25-16-7-6-14(3)19(24)10-16/h6-11,13,21H,12H2,1-5H3,(H,25,27)(H,26,28)/t21-/m0/s1. The van der Waals surface area contributed by atoms with E-state index in [-0.39, 0.29) is 11.5 Å². The third-order valence-electron chi connectivity index (χ3n) is 4.62. The first-order valence-electron chi connectivity index (χ1n) is 9.91. The molecule has 0 radical (unpaired) electrons. The van der Waals surface area contributed by atoms with E-state index in [9.17, 15) is 14.4 Å². The predicted octanol–water partition coefficient (Wildman–Crippen LogP) is 3.60. The Kier molecular flexibility index (Phi) is 8.90. The van der Waals surface area contributed by atoms with Crippen molar-refractivity contribution < 1.29 is 28.6 Å². The lowest BCUT2D eigenvalue weighted by Gasteiger charge is -2.21. The number of carbonyl (C=O) groups is 3. The molecule has 0 spiro atoms. The fourth-order valence-electron chi connectivity index (χ4n) is 2.75. The summed E-state index contributed by atoms with van der Waals surface area (Å²) in [5, 5.41) is 5.77. The van der Waals surface area contributed by atoms with Crippen molar-refractivity contribution in [3.05, 3.63) is 52.5 Å². The van der Waals surface area contributed by atoms with Gasteiger partial charge in [-0.05, 0) is 42.7 Å². The van der Waals surface area contributed by atoms with Crippen LogP contribution in [-0.4, -0.2) is 44.7 Å². The average molecular weight is 463 g/mol. The summed E-state index contributed by atoms with van der Waals surface area (Å²) in [5.41, 5.74) is 1.62. The van der Waals surface area contributed by atoms with Crippen molar-refractivity contribution in [2.24, 2.45) is 5.92 Å². The van der Waals surface area contributed by atoms with E-state index in [4.69, 9.17) is 25.8 Å². The molecule has 0 bridgehead atoms. The summed E-state index contributed by atoms with van der Waals surface area (Å²) >= 11 is 6.05. The van der Waals surface area contributed by atoms with Crippen LogP contribution in [0.3, 0.4) is 0 Å². The molecule has 0 aliphatic heterocycles. The first-order chi connectivity index (χ1) is 15.1. The van der Waals surface area contributed by atoms with Gasteiger partial charge in [-0.15, -0.1) is 0 Å². The molecule has 0 heterocycles. The molecule has 0 unspecified atom stereocenters. The lowest BCUT2D eigenvalue weighted by molar-refractivity contribution is -0.150. The number of rotatable bonds is 9. The number of hydrogen-bond donors (Lipinski definition) is 2. The van der Waals surface area contributed by atoms with Crippen LogP contribution in [0.4, 0.5) is 5.69 Å². The Bertz CT molecular complexity index is 970. The molecule has 2 amide bonds. The molecule has 0 aliphatic rings. The van der Waals surface area contributed by atoms with Gasteiger partial charge in [0.1, 0.15) is 17.5 Å². The maximum absolute atomic E-state index is 12.7. The Morgan fingerprint density at radius 1 is 1.00 bits per heavy atom. The van der Waals surface area contributed by atoms with Crippen LogP contribution in [0.25, 0.3) is 0 Å². The molecule has 8 nitrogen and oxygen atoms in total. The molecule has 32 heavy (non-hydrogen) atoms.